The number of nitrogen functional groups attached to an aromatic ring is 1. The lowest BCUT2D eigenvalue weighted by Crippen LogP contribution is -2.21. The lowest BCUT2D eigenvalue weighted by atomic mass is 10.1. The fourth-order valence-electron chi connectivity index (χ4n) is 2.83. The Bertz CT molecular complexity index is 1100. The number of rotatable bonds is 8. The summed E-state index contributed by atoms with van der Waals surface area (Å²) in [6.45, 7) is 3.74. The van der Waals surface area contributed by atoms with E-state index in [-0.39, 0.29) is 23.2 Å². The van der Waals surface area contributed by atoms with Crippen LogP contribution in [-0.4, -0.2) is 58.8 Å². The summed E-state index contributed by atoms with van der Waals surface area (Å²) in [4.78, 5) is 12.7. The maximum absolute atomic E-state index is 12.7. The third-order valence-electron chi connectivity index (χ3n) is 4.27. The number of anilines is 1. The van der Waals surface area contributed by atoms with Crippen LogP contribution in [0, 0.1) is 0 Å². The van der Waals surface area contributed by atoms with Crippen LogP contribution in [-0.2, 0) is 0 Å². The third kappa shape index (κ3) is 4.24. The molecule has 0 aliphatic carbocycles. The number of hydrazone groups is 1. The predicted octanol–water partition coefficient (Wildman–Crippen LogP) is 1.15. The molecule has 0 fully saturated rings. The average Bonchev–Trinajstić information content (AvgIpc) is 3.39. The van der Waals surface area contributed by atoms with Crippen LogP contribution in [0.25, 0.3) is 5.82 Å². The molecule has 0 unspecified atom stereocenters. The van der Waals surface area contributed by atoms with E-state index >= 15 is 0 Å². The van der Waals surface area contributed by atoms with Gasteiger partial charge in [0.25, 0.3) is 5.91 Å². The molecule has 164 valence electrons. The van der Waals surface area contributed by atoms with Crippen molar-refractivity contribution < 1.29 is 23.6 Å². The van der Waals surface area contributed by atoms with E-state index in [0.717, 1.165) is 0 Å². The average molecular weight is 430 g/mol. The van der Waals surface area contributed by atoms with Gasteiger partial charge >= 0.3 is 0 Å². The Balaban J connectivity index is 1.86. The highest BCUT2D eigenvalue weighted by atomic mass is 16.6. The van der Waals surface area contributed by atoms with Gasteiger partial charge in [-0.1, -0.05) is 19.1 Å². The van der Waals surface area contributed by atoms with Crippen LogP contribution in [0.2, 0.25) is 0 Å². The van der Waals surface area contributed by atoms with Gasteiger partial charge < -0.3 is 19.9 Å². The van der Waals surface area contributed by atoms with Gasteiger partial charge in [0.1, 0.15) is 5.75 Å². The maximum atomic E-state index is 12.7. The third-order valence-corrected chi connectivity index (χ3v) is 4.27. The second-order valence-electron chi connectivity index (χ2n) is 6.51. The second kappa shape index (κ2) is 9.11. The summed E-state index contributed by atoms with van der Waals surface area (Å²) in [5, 5.41) is 19.1. The molecule has 13 heteroatoms. The zero-order valence-electron chi connectivity index (χ0n) is 17.6. The van der Waals surface area contributed by atoms with Crippen LogP contribution in [0.3, 0.4) is 0 Å². The zero-order valence-corrected chi connectivity index (χ0v) is 17.6. The van der Waals surface area contributed by atoms with Crippen LogP contribution in [0.1, 0.15) is 41.5 Å². The summed E-state index contributed by atoms with van der Waals surface area (Å²) < 4.78 is 21.8. The number of hydrogen-bond acceptors (Lipinski definition) is 11. The van der Waals surface area contributed by atoms with E-state index < -0.39 is 5.91 Å². The minimum absolute atomic E-state index is 0.0253. The quantitative estimate of drug-likeness (QED) is 0.391. The highest BCUT2D eigenvalue weighted by Gasteiger charge is 2.25. The summed E-state index contributed by atoms with van der Waals surface area (Å²) in [5.41, 5.74) is 9.26. The Kier molecular flexibility index (Phi) is 6.33. The highest BCUT2D eigenvalue weighted by Crippen LogP contribution is 2.33. The number of aromatic nitrogens is 5. The molecule has 13 nitrogen and oxygen atoms in total. The number of hydrogen-bond donors (Lipinski definition) is 2. The Morgan fingerprint density at radius 2 is 1.84 bits per heavy atom. The molecular formula is C18H22N8O5. The van der Waals surface area contributed by atoms with Crippen molar-refractivity contribution in [1.29, 1.82) is 0 Å². The first kappa shape index (κ1) is 21.5. The van der Waals surface area contributed by atoms with Crippen LogP contribution >= 0.6 is 0 Å². The molecule has 1 aromatic carbocycles. The molecule has 0 saturated carbocycles. The Labute approximate surface area is 177 Å². The molecule has 31 heavy (non-hydrogen) atoms. The standard InChI is InChI=1S/C18H22N8O5/c1-9(2)15-14(21-25-26(15)17-16(19)23-31-24-17)18(27)22-20-8-10-6-12(29-4)13(30-5)7-11(10)28-3/h6-9H,1-5H3,(H2,19,23)(H,22,27)/b20-8-. The number of carbonyl (C=O) groups excluding carboxylic acids is 1. The largest absolute Gasteiger partial charge is 0.496 e. The molecule has 0 aliphatic rings. The van der Waals surface area contributed by atoms with Crippen molar-refractivity contribution in [2.24, 2.45) is 5.10 Å². The zero-order chi connectivity index (χ0) is 22.5. The van der Waals surface area contributed by atoms with Gasteiger partial charge in [0.15, 0.2) is 17.2 Å². The summed E-state index contributed by atoms with van der Waals surface area (Å²) in [6.07, 6.45) is 1.41. The van der Waals surface area contributed by atoms with Crippen LogP contribution in [0.15, 0.2) is 21.9 Å². The van der Waals surface area contributed by atoms with Crippen LogP contribution in [0.4, 0.5) is 5.82 Å². The van der Waals surface area contributed by atoms with Crippen molar-refractivity contribution in [2.45, 2.75) is 19.8 Å². The van der Waals surface area contributed by atoms with Gasteiger partial charge in [-0.15, -0.1) is 5.10 Å². The number of methoxy groups -OCH3 is 3. The normalized spacial score (nSPS) is 11.2. The first-order valence-electron chi connectivity index (χ1n) is 9.08. The van der Waals surface area contributed by atoms with Gasteiger partial charge in [-0.05, 0) is 22.3 Å². The number of nitrogens with one attached hydrogen (secondary N) is 1. The lowest BCUT2D eigenvalue weighted by Gasteiger charge is -2.11. The predicted molar refractivity (Wildman–Crippen MR) is 109 cm³/mol. The van der Waals surface area contributed by atoms with E-state index in [1.807, 2.05) is 13.8 Å². The van der Waals surface area contributed by atoms with Gasteiger partial charge in [0.2, 0.25) is 11.6 Å². The molecule has 3 N–H and O–H groups in total. The van der Waals surface area contributed by atoms with Gasteiger partial charge in [-0.2, -0.15) is 9.78 Å². The van der Waals surface area contributed by atoms with E-state index in [0.29, 0.717) is 28.5 Å². The van der Waals surface area contributed by atoms with Crippen molar-refractivity contribution in [3.63, 3.8) is 0 Å². The van der Waals surface area contributed by atoms with E-state index in [4.69, 9.17) is 19.9 Å². The number of nitrogens with two attached hydrogens (primary N) is 1. The van der Waals surface area contributed by atoms with Crippen molar-refractivity contribution in [3.8, 4) is 23.1 Å². The first-order chi connectivity index (χ1) is 14.9. The Hall–Kier alpha value is -4.16. The van der Waals surface area contributed by atoms with Gasteiger partial charge in [0, 0.05) is 11.6 Å². The maximum Gasteiger partial charge on any atom is 0.293 e. The smallest absolute Gasteiger partial charge is 0.293 e. The number of amides is 1. The molecule has 3 aromatic rings. The number of benzene rings is 1. The fraction of sp³-hybridized carbons (Fsp3) is 0.333. The Morgan fingerprint density at radius 3 is 2.42 bits per heavy atom. The Morgan fingerprint density at radius 1 is 1.16 bits per heavy atom. The summed E-state index contributed by atoms with van der Waals surface area (Å²) >= 11 is 0. The molecule has 1 amide bonds. The van der Waals surface area contributed by atoms with Crippen molar-refractivity contribution in [3.05, 3.63) is 29.1 Å². The second-order valence-corrected chi connectivity index (χ2v) is 6.51. The monoisotopic (exact) mass is 430 g/mol. The summed E-state index contributed by atoms with van der Waals surface area (Å²) in [7, 11) is 4.54. The molecule has 0 bridgehead atoms. The lowest BCUT2D eigenvalue weighted by molar-refractivity contribution is 0.0948. The fourth-order valence-corrected chi connectivity index (χ4v) is 2.83. The molecule has 3 rings (SSSR count). The van der Waals surface area contributed by atoms with Crippen molar-refractivity contribution in [1.82, 2.24) is 30.7 Å². The van der Waals surface area contributed by atoms with Crippen molar-refractivity contribution in [2.75, 3.05) is 27.1 Å². The summed E-state index contributed by atoms with van der Waals surface area (Å²) in [6, 6.07) is 3.32. The molecule has 2 heterocycles. The molecule has 0 radical (unpaired) electrons. The molecule has 0 aliphatic heterocycles. The van der Waals surface area contributed by atoms with Crippen LogP contribution < -0.4 is 25.4 Å². The minimum Gasteiger partial charge on any atom is -0.496 e. The van der Waals surface area contributed by atoms with E-state index in [9.17, 15) is 4.79 Å². The SMILES string of the molecule is COc1cc(OC)c(OC)cc1/C=N\NC(=O)c1nnn(-c2nonc2N)c1C(C)C. The molecule has 0 atom stereocenters. The van der Waals surface area contributed by atoms with E-state index in [2.05, 4.69) is 35.8 Å². The van der Waals surface area contributed by atoms with E-state index in [1.165, 1.54) is 32.2 Å². The number of ether oxygens (including phenoxy) is 3. The highest BCUT2D eigenvalue weighted by molar-refractivity contribution is 5.94. The number of nitrogens with zero attached hydrogens (tertiary/aromatic N) is 6. The van der Waals surface area contributed by atoms with Gasteiger partial charge in [0.05, 0.1) is 33.2 Å². The van der Waals surface area contributed by atoms with Crippen molar-refractivity contribution >= 4 is 17.9 Å². The topological polar surface area (TPSA) is 165 Å². The summed E-state index contributed by atoms with van der Waals surface area (Å²) in [5.74, 6) is 0.937. The van der Waals surface area contributed by atoms with Gasteiger partial charge in [-0.25, -0.2) is 10.1 Å². The molecule has 2 aromatic heterocycles. The minimum atomic E-state index is -0.569. The molecule has 0 saturated heterocycles. The molecule has 0 spiro atoms. The van der Waals surface area contributed by atoms with E-state index in [1.54, 1.807) is 12.1 Å². The number of carbonyl (C=O) groups is 1. The van der Waals surface area contributed by atoms with Gasteiger partial charge in [-0.3, -0.25) is 4.79 Å². The van der Waals surface area contributed by atoms with Crippen LogP contribution in [0.5, 0.6) is 17.2 Å². The molecular weight excluding hydrogens is 408 g/mol. The first-order valence-corrected chi connectivity index (χ1v) is 9.08.